The molecule has 4 atom stereocenters. The van der Waals surface area contributed by atoms with Crippen LogP contribution in [0.3, 0.4) is 0 Å². The van der Waals surface area contributed by atoms with Gasteiger partial charge in [0, 0.05) is 66.6 Å². The number of fused-ring (bicyclic) bond motifs is 3. The number of amides is 4. The van der Waals surface area contributed by atoms with Crippen LogP contribution in [0.4, 0.5) is 0 Å². The summed E-state index contributed by atoms with van der Waals surface area (Å²) in [5, 5.41) is 21.6. The first-order valence-electron chi connectivity index (χ1n) is 22.3. The fourth-order valence-electron chi connectivity index (χ4n) is 7.73. The minimum absolute atomic E-state index is 0.00827. The molecule has 2 aromatic carbocycles. The van der Waals surface area contributed by atoms with Crippen LogP contribution in [-0.4, -0.2) is 133 Å². The lowest BCUT2D eigenvalue weighted by Gasteiger charge is -2.35. The minimum Gasteiger partial charge on any atom is -0.391 e. The quantitative estimate of drug-likeness (QED) is 0.0520. The molecule has 1 aliphatic heterocycles. The van der Waals surface area contributed by atoms with E-state index in [1.54, 1.807) is 17.5 Å². The van der Waals surface area contributed by atoms with Gasteiger partial charge in [0.05, 0.1) is 81.1 Å². The Labute approximate surface area is 384 Å². The number of aliphatic hydroxyl groups is 1. The van der Waals surface area contributed by atoms with Gasteiger partial charge in [-0.2, -0.15) is 0 Å². The van der Waals surface area contributed by atoms with Gasteiger partial charge in [0.15, 0.2) is 0 Å². The van der Waals surface area contributed by atoms with E-state index in [4.69, 9.17) is 18.9 Å². The van der Waals surface area contributed by atoms with E-state index in [1.807, 2.05) is 76.7 Å². The van der Waals surface area contributed by atoms with Crippen molar-refractivity contribution in [3.63, 3.8) is 0 Å². The number of ether oxygens (including phenoxy) is 4. The molecule has 16 nitrogen and oxygen atoms in total. The molecule has 1 aliphatic rings. The van der Waals surface area contributed by atoms with Crippen molar-refractivity contribution in [3.8, 4) is 10.4 Å². The predicted octanol–water partition coefficient (Wildman–Crippen LogP) is 5.02. The van der Waals surface area contributed by atoms with E-state index in [0.29, 0.717) is 59.0 Å². The maximum atomic E-state index is 14.0. The Morgan fingerprint density at radius 1 is 0.862 bits per heavy atom. The summed E-state index contributed by atoms with van der Waals surface area (Å²) in [7, 11) is 0. The maximum absolute atomic E-state index is 14.0. The lowest BCUT2D eigenvalue weighted by Crippen LogP contribution is -2.58. The Hall–Kier alpha value is -5.30. The standard InChI is InChI=1S/C48H63N7O9S/c1-31(34-8-10-35(11-9-34)44-32(2)51-30-65-44)52-46(59)41-27-36(56)29-55(41)47(60)45(48(3,4)5)54-43(58)15-18-61-20-22-63-24-25-64-23-21-62-19-17-50-42(57)13-7-33-6-12-37-38-28-49-16-14-39(38)53-40(37)26-33/h6,8-12,14,16,26,28,30-31,36,41,45,53,56H,7,13,15,17-25,27,29H2,1-5H3,(H,50,57)(H,52,59)(H,54,58). The molecule has 350 valence electrons. The van der Waals surface area contributed by atoms with Crippen molar-refractivity contribution in [2.24, 2.45) is 5.41 Å². The summed E-state index contributed by atoms with van der Waals surface area (Å²) in [4.78, 5) is 67.4. The number of likely N-dealkylation sites (tertiary alicyclic amines) is 1. The number of β-amino-alcohol motifs (C(OH)–C–C–N with tert-alkyl or cyclic N) is 1. The SMILES string of the molecule is Cc1ncsc1-c1ccc(C(C)NC(=O)C2CC(O)CN2C(=O)C(NC(=O)CCOCCOCCOCCOCCNC(=O)CCc2ccc3c(c2)[nH]c2ccncc23)C(C)(C)C)cc1. The van der Waals surface area contributed by atoms with Gasteiger partial charge in [-0.15, -0.1) is 11.3 Å². The molecule has 6 rings (SSSR count). The maximum Gasteiger partial charge on any atom is 0.246 e. The molecule has 17 heteroatoms. The van der Waals surface area contributed by atoms with E-state index < -0.39 is 29.5 Å². The highest BCUT2D eigenvalue weighted by atomic mass is 32.1. The number of pyridine rings is 1. The Bertz CT molecular complexity index is 2340. The molecule has 1 saturated heterocycles. The van der Waals surface area contributed by atoms with Crippen molar-refractivity contribution < 1.29 is 43.2 Å². The van der Waals surface area contributed by atoms with Gasteiger partial charge in [0.1, 0.15) is 12.1 Å². The fourth-order valence-corrected chi connectivity index (χ4v) is 8.54. The molecular weight excluding hydrogens is 851 g/mol. The van der Waals surface area contributed by atoms with Crippen LogP contribution in [0.25, 0.3) is 32.2 Å². The highest BCUT2D eigenvalue weighted by Crippen LogP contribution is 2.30. The smallest absolute Gasteiger partial charge is 0.246 e. The Balaban J connectivity index is 0.786. The van der Waals surface area contributed by atoms with Crippen molar-refractivity contribution >= 4 is 56.8 Å². The van der Waals surface area contributed by atoms with E-state index in [0.717, 1.165) is 49.1 Å². The molecule has 0 bridgehead atoms. The molecule has 0 spiro atoms. The Kier molecular flexibility index (Phi) is 18.0. The average Bonchev–Trinajstić information content (AvgIpc) is 4.01. The van der Waals surface area contributed by atoms with Gasteiger partial charge < -0.3 is 49.9 Å². The molecule has 0 radical (unpaired) electrons. The predicted molar refractivity (Wildman–Crippen MR) is 249 cm³/mol. The summed E-state index contributed by atoms with van der Waals surface area (Å²) >= 11 is 1.57. The monoisotopic (exact) mass is 913 g/mol. The molecule has 4 amide bonds. The number of hydrogen-bond acceptors (Lipinski definition) is 12. The molecule has 65 heavy (non-hydrogen) atoms. The van der Waals surface area contributed by atoms with Gasteiger partial charge >= 0.3 is 0 Å². The van der Waals surface area contributed by atoms with E-state index in [1.165, 1.54) is 4.90 Å². The second-order valence-electron chi connectivity index (χ2n) is 17.4. The lowest BCUT2D eigenvalue weighted by molar-refractivity contribution is -0.144. The molecule has 0 saturated carbocycles. The topological polar surface area (TPSA) is 206 Å². The van der Waals surface area contributed by atoms with Crippen molar-refractivity contribution in [3.05, 3.63) is 83.3 Å². The van der Waals surface area contributed by atoms with Crippen LogP contribution >= 0.6 is 11.3 Å². The van der Waals surface area contributed by atoms with E-state index in [-0.39, 0.29) is 56.4 Å². The molecule has 0 aliphatic carbocycles. The highest BCUT2D eigenvalue weighted by Gasteiger charge is 2.44. The molecule has 5 N–H and O–H groups in total. The molecule has 3 aromatic heterocycles. The molecule has 1 fully saturated rings. The number of aliphatic hydroxyl groups excluding tert-OH is 1. The van der Waals surface area contributed by atoms with Crippen LogP contribution in [0.15, 0.2) is 66.4 Å². The van der Waals surface area contributed by atoms with Crippen LogP contribution in [0.1, 0.15) is 69.8 Å². The number of thiazole rings is 1. The second-order valence-corrected chi connectivity index (χ2v) is 18.2. The number of carbonyl (C=O) groups is 4. The van der Waals surface area contributed by atoms with Gasteiger partial charge in [-0.05, 0) is 54.5 Å². The first-order valence-corrected chi connectivity index (χ1v) is 23.2. The Morgan fingerprint density at radius 2 is 1.55 bits per heavy atom. The third-order valence-corrected chi connectivity index (χ3v) is 12.3. The summed E-state index contributed by atoms with van der Waals surface area (Å²) in [5.41, 5.74) is 7.22. The van der Waals surface area contributed by atoms with E-state index in [2.05, 4.69) is 49.1 Å². The van der Waals surface area contributed by atoms with E-state index in [9.17, 15) is 24.3 Å². The zero-order chi connectivity index (χ0) is 46.3. The number of carbonyl (C=O) groups excluding carboxylic acids is 4. The first-order chi connectivity index (χ1) is 31.3. The summed E-state index contributed by atoms with van der Waals surface area (Å²) in [5.74, 6) is -1.18. The lowest BCUT2D eigenvalue weighted by atomic mass is 9.85. The summed E-state index contributed by atoms with van der Waals surface area (Å²) < 4.78 is 22.3. The average molecular weight is 914 g/mol. The van der Waals surface area contributed by atoms with Gasteiger partial charge in [-0.1, -0.05) is 57.2 Å². The number of benzene rings is 2. The number of nitrogens with zero attached hydrogens (tertiary/aromatic N) is 3. The van der Waals surface area contributed by atoms with Crippen molar-refractivity contribution in [1.82, 2.24) is 35.8 Å². The van der Waals surface area contributed by atoms with Crippen LogP contribution in [-0.2, 0) is 44.5 Å². The van der Waals surface area contributed by atoms with Gasteiger partial charge in [0.2, 0.25) is 23.6 Å². The van der Waals surface area contributed by atoms with Crippen molar-refractivity contribution in [2.75, 3.05) is 65.9 Å². The fraction of sp³-hybridized carbons (Fsp3) is 0.500. The third kappa shape index (κ3) is 14.1. The van der Waals surface area contributed by atoms with Gasteiger partial charge in [-0.25, -0.2) is 4.98 Å². The zero-order valence-corrected chi connectivity index (χ0v) is 38.8. The largest absolute Gasteiger partial charge is 0.391 e. The van der Waals surface area contributed by atoms with E-state index >= 15 is 0 Å². The summed E-state index contributed by atoms with van der Waals surface area (Å²) in [6, 6.07) is 13.9. The molecular formula is C48H63N7O9S. The van der Waals surface area contributed by atoms with Crippen molar-refractivity contribution in [2.45, 2.75) is 84.5 Å². The number of aromatic amines is 1. The van der Waals surface area contributed by atoms with Crippen molar-refractivity contribution in [1.29, 1.82) is 0 Å². The Morgan fingerprint density at radius 3 is 2.23 bits per heavy atom. The number of hydrogen-bond donors (Lipinski definition) is 5. The van der Waals surface area contributed by atoms with Crippen LogP contribution in [0, 0.1) is 12.3 Å². The first kappa shape index (κ1) is 49.1. The van der Waals surface area contributed by atoms with Crippen LogP contribution in [0.5, 0.6) is 0 Å². The highest BCUT2D eigenvalue weighted by molar-refractivity contribution is 7.13. The van der Waals surface area contributed by atoms with Crippen LogP contribution < -0.4 is 16.0 Å². The number of aromatic nitrogens is 3. The van der Waals surface area contributed by atoms with Gasteiger partial charge in [-0.3, -0.25) is 24.2 Å². The summed E-state index contributed by atoms with van der Waals surface area (Å²) in [6.07, 6.45) is 3.91. The minimum atomic E-state index is -0.932. The third-order valence-electron chi connectivity index (χ3n) is 11.3. The number of H-pyrrole nitrogens is 1. The molecule has 4 unspecified atom stereocenters. The zero-order valence-electron chi connectivity index (χ0n) is 38.0. The normalized spacial score (nSPS) is 16.2. The second kappa shape index (κ2) is 23.8. The number of aryl methyl sites for hydroxylation is 2. The molecule has 4 heterocycles. The molecule has 5 aromatic rings. The number of rotatable bonds is 24. The van der Waals surface area contributed by atoms with Gasteiger partial charge in [0.25, 0.3) is 0 Å². The number of nitrogens with one attached hydrogen (secondary N) is 4. The summed E-state index contributed by atoms with van der Waals surface area (Å²) in [6.45, 7) is 12.4. The van der Waals surface area contributed by atoms with Crippen LogP contribution in [0.2, 0.25) is 0 Å².